The maximum absolute atomic E-state index is 12.0. The lowest BCUT2D eigenvalue weighted by atomic mass is 9.89. The Morgan fingerprint density at radius 1 is 1.30 bits per heavy atom. The summed E-state index contributed by atoms with van der Waals surface area (Å²) in [6.45, 7) is 2.28. The molecule has 0 unspecified atom stereocenters. The van der Waals surface area contributed by atoms with E-state index in [1.807, 2.05) is 0 Å². The molecular formula is C15H20N2O3. The number of aromatic carboxylic acids is 1. The number of nitrogens with zero attached hydrogens (tertiary/aromatic N) is 1. The number of carbonyl (C=O) groups is 2. The second-order valence-electron chi connectivity index (χ2n) is 5.35. The molecule has 0 spiro atoms. The summed E-state index contributed by atoms with van der Waals surface area (Å²) in [5.41, 5.74) is 0.778. The van der Waals surface area contributed by atoms with Gasteiger partial charge in [-0.2, -0.15) is 0 Å². The second kappa shape index (κ2) is 6.50. The average molecular weight is 276 g/mol. The van der Waals surface area contributed by atoms with Gasteiger partial charge in [0.25, 0.3) is 5.91 Å². The number of carbonyl (C=O) groups excluding carboxylic acids is 1. The molecule has 2 rings (SSSR count). The number of aromatic nitrogens is 1. The van der Waals surface area contributed by atoms with E-state index in [1.165, 1.54) is 44.2 Å². The Morgan fingerprint density at radius 3 is 2.60 bits per heavy atom. The standard InChI is InChI=1S/C15H20N2O3/c1-10-12(15(19)20)7-8-13(17-10)14(18)16-9-11-5-3-2-4-6-11/h7-8,11H,2-6,9H2,1H3,(H,16,18)(H,19,20). The van der Waals surface area contributed by atoms with E-state index in [4.69, 9.17) is 5.11 Å². The van der Waals surface area contributed by atoms with Crippen LogP contribution in [0.25, 0.3) is 0 Å². The van der Waals surface area contributed by atoms with Crippen LogP contribution in [-0.2, 0) is 0 Å². The predicted octanol–water partition coefficient (Wildman–Crippen LogP) is 2.40. The zero-order chi connectivity index (χ0) is 14.5. The van der Waals surface area contributed by atoms with Gasteiger partial charge in [-0.05, 0) is 37.8 Å². The fourth-order valence-electron chi connectivity index (χ4n) is 2.63. The van der Waals surface area contributed by atoms with E-state index in [2.05, 4.69) is 10.3 Å². The summed E-state index contributed by atoms with van der Waals surface area (Å²) < 4.78 is 0. The normalized spacial score (nSPS) is 15.8. The quantitative estimate of drug-likeness (QED) is 0.885. The van der Waals surface area contributed by atoms with E-state index in [0.717, 1.165) is 0 Å². The highest BCUT2D eigenvalue weighted by molar-refractivity contribution is 5.94. The van der Waals surface area contributed by atoms with Crippen molar-refractivity contribution in [3.63, 3.8) is 0 Å². The molecule has 1 fully saturated rings. The number of aryl methyl sites for hydroxylation is 1. The number of hydrogen-bond acceptors (Lipinski definition) is 3. The zero-order valence-electron chi connectivity index (χ0n) is 11.7. The van der Waals surface area contributed by atoms with Gasteiger partial charge in [-0.3, -0.25) is 4.79 Å². The molecule has 0 saturated heterocycles. The second-order valence-corrected chi connectivity index (χ2v) is 5.35. The van der Waals surface area contributed by atoms with Crippen molar-refractivity contribution < 1.29 is 14.7 Å². The van der Waals surface area contributed by atoms with E-state index in [9.17, 15) is 9.59 Å². The van der Waals surface area contributed by atoms with Crippen molar-refractivity contribution in [2.24, 2.45) is 5.92 Å². The molecule has 0 aromatic carbocycles. The molecule has 1 aliphatic rings. The van der Waals surface area contributed by atoms with Gasteiger partial charge in [0.15, 0.2) is 0 Å². The van der Waals surface area contributed by atoms with Crippen LogP contribution in [0.1, 0.15) is 58.6 Å². The van der Waals surface area contributed by atoms with Crippen LogP contribution in [-0.4, -0.2) is 28.5 Å². The van der Waals surface area contributed by atoms with Gasteiger partial charge in [0, 0.05) is 6.54 Å². The number of carboxylic acid groups (broad SMARTS) is 1. The topological polar surface area (TPSA) is 79.3 Å². The number of pyridine rings is 1. The summed E-state index contributed by atoms with van der Waals surface area (Å²) >= 11 is 0. The third-order valence-corrected chi connectivity index (χ3v) is 3.82. The molecule has 1 aromatic heterocycles. The van der Waals surface area contributed by atoms with Gasteiger partial charge in [-0.15, -0.1) is 0 Å². The summed E-state index contributed by atoms with van der Waals surface area (Å²) in [5.74, 6) is -0.688. The number of hydrogen-bond donors (Lipinski definition) is 2. The summed E-state index contributed by atoms with van der Waals surface area (Å²) in [5, 5.41) is 11.8. The fourth-order valence-corrected chi connectivity index (χ4v) is 2.63. The Labute approximate surface area is 118 Å². The maximum atomic E-state index is 12.0. The molecule has 108 valence electrons. The van der Waals surface area contributed by atoms with Crippen LogP contribution in [0.5, 0.6) is 0 Å². The minimum absolute atomic E-state index is 0.133. The molecule has 1 saturated carbocycles. The van der Waals surface area contributed by atoms with Crippen LogP contribution in [0.3, 0.4) is 0 Å². The number of amides is 1. The Balaban J connectivity index is 1.95. The molecule has 1 amide bonds. The zero-order valence-corrected chi connectivity index (χ0v) is 11.7. The van der Waals surface area contributed by atoms with Crippen LogP contribution >= 0.6 is 0 Å². The van der Waals surface area contributed by atoms with Crippen molar-refractivity contribution in [2.75, 3.05) is 6.54 Å². The first-order valence-electron chi connectivity index (χ1n) is 7.07. The molecule has 2 N–H and O–H groups in total. The Morgan fingerprint density at radius 2 is 2.00 bits per heavy atom. The van der Waals surface area contributed by atoms with Crippen molar-refractivity contribution >= 4 is 11.9 Å². The molecular weight excluding hydrogens is 256 g/mol. The van der Waals surface area contributed by atoms with E-state index < -0.39 is 5.97 Å². The van der Waals surface area contributed by atoms with Crippen LogP contribution in [0.4, 0.5) is 0 Å². The van der Waals surface area contributed by atoms with Crippen molar-refractivity contribution in [3.05, 3.63) is 29.1 Å². The van der Waals surface area contributed by atoms with Crippen LogP contribution in [0.2, 0.25) is 0 Å². The lowest BCUT2D eigenvalue weighted by Crippen LogP contribution is -2.31. The number of rotatable bonds is 4. The predicted molar refractivity (Wildman–Crippen MR) is 74.8 cm³/mol. The van der Waals surface area contributed by atoms with Crippen molar-refractivity contribution in [3.8, 4) is 0 Å². The third-order valence-electron chi connectivity index (χ3n) is 3.82. The Hall–Kier alpha value is -1.91. The van der Waals surface area contributed by atoms with Crippen molar-refractivity contribution in [1.29, 1.82) is 0 Å². The van der Waals surface area contributed by atoms with E-state index in [-0.39, 0.29) is 17.2 Å². The van der Waals surface area contributed by atoms with Gasteiger partial charge in [-0.25, -0.2) is 9.78 Å². The van der Waals surface area contributed by atoms with E-state index in [0.29, 0.717) is 18.2 Å². The molecule has 5 nitrogen and oxygen atoms in total. The smallest absolute Gasteiger partial charge is 0.337 e. The summed E-state index contributed by atoms with van der Waals surface area (Å²) in [7, 11) is 0. The van der Waals surface area contributed by atoms with Crippen molar-refractivity contribution in [1.82, 2.24) is 10.3 Å². The SMILES string of the molecule is Cc1nc(C(=O)NCC2CCCCC2)ccc1C(=O)O. The van der Waals surface area contributed by atoms with Crippen molar-refractivity contribution in [2.45, 2.75) is 39.0 Å². The molecule has 0 atom stereocenters. The lowest BCUT2D eigenvalue weighted by Gasteiger charge is -2.21. The first kappa shape index (κ1) is 14.5. The average Bonchev–Trinajstić information content (AvgIpc) is 2.45. The summed E-state index contributed by atoms with van der Waals surface area (Å²) in [6, 6.07) is 2.90. The highest BCUT2D eigenvalue weighted by Crippen LogP contribution is 2.22. The van der Waals surface area contributed by atoms with Crippen LogP contribution < -0.4 is 5.32 Å². The molecule has 5 heteroatoms. The van der Waals surface area contributed by atoms with Gasteiger partial charge in [0.2, 0.25) is 0 Å². The molecule has 1 aromatic rings. The molecule has 1 aliphatic carbocycles. The molecule has 0 radical (unpaired) electrons. The Kier molecular flexibility index (Phi) is 4.71. The maximum Gasteiger partial charge on any atom is 0.337 e. The monoisotopic (exact) mass is 276 g/mol. The van der Waals surface area contributed by atoms with Gasteiger partial charge in [0.05, 0.1) is 11.3 Å². The fraction of sp³-hybridized carbons (Fsp3) is 0.533. The van der Waals surface area contributed by atoms with Gasteiger partial charge in [-0.1, -0.05) is 19.3 Å². The third kappa shape index (κ3) is 3.56. The molecule has 0 aliphatic heterocycles. The largest absolute Gasteiger partial charge is 0.478 e. The van der Waals surface area contributed by atoms with Crippen LogP contribution in [0.15, 0.2) is 12.1 Å². The molecule has 1 heterocycles. The summed E-state index contributed by atoms with van der Waals surface area (Å²) in [4.78, 5) is 27.0. The molecule has 20 heavy (non-hydrogen) atoms. The highest BCUT2D eigenvalue weighted by atomic mass is 16.4. The van der Waals surface area contributed by atoms with Crippen LogP contribution in [0, 0.1) is 12.8 Å². The first-order chi connectivity index (χ1) is 9.58. The minimum atomic E-state index is -1.02. The Bertz CT molecular complexity index is 508. The van der Waals surface area contributed by atoms with Gasteiger partial charge >= 0.3 is 5.97 Å². The highest BCUT2D eigenvalue weighted by Gasteiger charge is 2.16. The lowest BCUT2D eigenvalue weighted by molar-refractivity contribution is 0.0694. The first-order valence-corrected chi connectivity index (χ1v) is 7.07. The summed E-state index contributed by atoms with van der Waals surface area (Å²) in [6.07, 6.45) is 6.12. The number of nitrogens with one attached hydrogen (secondary N) is 1. The van der Waals surface area contributed by atoms with E-state index >= 15 is 0 Å². The number of carboxylic acids is 1. The van der Waals surface area contributed by atoms with Gasteiger partial charge in [0.1, 0.15) is 5.69 Å². The molecule has 0 bridgehead atoms. The van der Waals surface area contributed by atoms with Gasteiger partial charge < -0.3 is 10.4 Å². The van der Waals surface area contributed by atoms with E-state index in [1.54, 1.807) is 6.92 Å². The minimum Gasteiger partial charge on any atom is -0.478 e.